The monoisotopic (exact) mass is 298 g/mol. The number of rotatable bonds is 5. The highest BCUT2D eigenvalue weighted by molar-refractivity contribution is 5.01. The van der Waals surface area contributed by atoms with Crippen LogP contribution in [0.2, 0.25) is 0 Å². The number of hydrogen-bond acceptors (Lipinski definition) is 5. The number of nitrogens with zero attached hydrogens (tertiary/aromatic N) is 1. The lowest BCUT2D eigenvalue weighted by atomic mass is 9.87. The molecule has 21 heavy (non-hydrogen) atoms. The number of nitrogens with one attached hydrogen (secondary N) is 1. The summed E-state index contributed by atoms with van der Waals surface area (Å²) in [5, 5.41) is 20.6. The number of hydrogen-bond donors (Lipinski definition) is 3. The fourth-order valence-corrected chi connectivity index (χ4v) is 2.85. The van der Waals surface area contributed by atoms with Crippen LogP contribution in [0.15, 0.2) is 21.9 Å². The Morgan fingerprint density at radius 2 is 2.10 bits per heavy atom. The number of ether oxygens (including phenoxy) is 1. The highest BCUT2D eigenvalue weighted by Gasteiger charge is 2.53. The summed E-state index contributed by atoms with van der Waals surface area (Å²) in [4.78, 5) is 25.1. The molecule has 0 bridgehead atoms. The average molecular weight is 298 g/mol. The molecule has 1 aromatic rings. The predicted molar refractivity (Wildman–Crippen MR) is 76.0 cm³/mol. The van der Waals surface area contributed by atoms with Crippen molar-refractivity contribution in [3.05, 3.63) is 33.1 Å². The van der Waals surface area contributed by atoms with Crippen LogP contribution in [0.25, 0.3) is 0 Å². The first kappa shape index (κ1) is 15.9. The zero-order valence-electron chi connectivity index (χ0n) is 12.3. The number of aliphatic hydroxyl groups excluding tert-OH is 2. The molecular formula is C14H22N2O5. The molecule has 0 aromatic carbocycles. The van der Waals surface area contributed by atoms with Gasteiger partial charge >= 0.3 is 5.69 Å². The minimum Gasteiger partial charge on any atom is -0.387 e. The van der Waals surface area contributed by atoms with Crippen LogP contribution in [0.3, 0.4) is 0 Å². The Kier molecular flexibility index (Phi) is 4.65. The van der Waals surface area contributed by atoms with Gasteiger partial charge in [-0.3, -0.25) is 14.3 Å². The van der Waals surface area contributed by atoms with E-state index in [0.717, 1.165) is 17.4 Å². The molecule has 0 aliphatic carbocycles. The molecule has 7 nitrogen and oxygen atoms in total. The summed E-state index contributed by atoms with van der Waals surface area (Å²) in [6, 6.07) is 1.18. The molecule has 0 radical (unpaired) electrons. The van der Waals surface area contributed by atoms with E-state index in [2.05, 4.69) is 4.98 Å². The Morgan fingerprint density at radius 1 is 1.38 bits per heavy atom. The van der Waals surface area contributed by atoms with E-state index >= 15 is 0 Å². The van der Waals surface area contributed by atoms with E-state index in [0.29, 0.717) is 12.8 Å². The quantitative estimate of drug-likeness (QED) is 0.716. The molecule has 1 aromatic heterocycles. The first-order valence-corrected chi connectivity index (χ1v) is 7.30. The van der Waals surface area contributed by atoms with E-state index in [4.69, 9.17) is 4.74 Å². The van der Waals surface area contributed by atoms with Gasteiger partial charge in [0.1, 0.15) is 12.2 Å². The molecule has 2 rings (SSSR count). The van der Waals surface area contributed by atoms with Gasteiger partial charge in [-0.15, -0.1) is 0 Å². The summed E-state index contributed by atoms with van der Waals surface area (Å²) < 4.78 is 6.98. The van der Waals surface area contributed by atoms with E-state index < -0.39 is 35.3 Å². The summed E-state index contributed by atoms with van der Waals surface area (Å²) in [5.41, 5.74) is -2.05. The lowest BCUT2D eigenvalue weighted by Crippen LogP contribution is -2.42. The van der Waals surface area contributed by atoms with Crippen molar-refractivity contribution >= 4 is 0 Å². The summed E-state index contributed by atoms with van der Waals surface area (Å²) in [5.74, 6) is 0. The molecule has 0 amide bonds. The van der Waals surface area contributed by atoms with Gasteiger partial charge in [-0.05, 0) is 12.8 Å². The minimum absolute atomic E-state index is 0.517. The largest absolute Gasteiger partial charge is 0.387 e. The van der Waals surface area contributed by atoms with Gasteiger partial charge in [0, 0.05) is 12.3 Å². The molecule has 4 atom stereocenters. The molecule has 1 aliphatic rings. The van der Waals surface area contributed by atoms with Crippen LogP contribution in [-0.4, -0.2) is 37.6 Å². The summed E-state index contributed by atoms with van der Waals surface area (Å²) >= 11 is 0. The zero-order chi connectivity index (χ0) is 15.6. The zero-order valence-corrected chi connectivity index (χ0v) is 12.3. The standard InChI is InChI=1S/C14H22N2O5/c1-3-5-7-14(4-2)11(19)10(18)12(21-14)16-8-6-9(17)15-13(16)20/h6,8,10-12,18-19H,3-5,7H2,1-2H3,(H,15,17,20)/t10-,11?,12+,14-/m0/s1. The maximum absolute atomic E-state index is 11.8. The smallest absolute Gasteiger partial charge is 0.330 e. The van der Waals surface area contributed by atoms with Gasteiger partial charge in [-0.2, -0.15) is 0 Å². The molecule has 1 unspecified atom stereocenters. The first-order valence-electron chi connectivity index (χ1n) is 7.30. The lowest BCUT2D eigenvalue weighted by molar-refractivity contribution is -0.112. The Hall–Kier alpha value is -1.44. The maximum atomic E-state index is 11.8. The summed E-state index contributed by atoms with van der Waals surface area (Å²) in [7, 11) is 0. The van der Waals surface area contributed by atoms with E-state index in [1.54, 1.807) is 0 Å². The third-order valence-corrected chi connectivity index (χ3v) is 4.19. The molecule has 1 aliphatic heterocycles. The second-order valence-electron chi connectivity index (χ2n) is 5.48. The number of aromatic amines is 1. The number of H-pyrrole nitrogens is 1. The van der Waals surface area contributed by atoms with Crippen LogP contribution in [0.5, 0.6) is 0 Å². The molecule has 7 heteroatoms. The average Bonchev–Trinajstić information content (AvgIpc) is 2.71. The predicted octanol–water partition coefficient (Wildman–Crippen LogP) is 0.126. The highest BCUT2D eigenvalue weighted by Crippen LogP contribution is 2.41. The Balaban J connectivity index is 2.34. The molecular weight excluding hydrogens is 276 g/mol. The fraction of sp³-hybridized carbons (Fsp3) is 0.714. The van der Waals surface area contributed by atoms with Crippen molar-refractivity contribution < 1.29 is 14.9 Å². The van der Waals surface area contributed by atoms with Crippen LogP contribution in [0.1, 0.15) is 45.8 Å². The second kappa shape index (κ2) is 6.13. The van der Waals surface area contributed by atoms with E-state index in [1.807, 2.05) is 13.8 Å². The maximum Gasteiger partial charge on any atom is 0.330 e. The highest BCUT2D eigenvalue weighted by atomic mass is 16.6. The summed E-state index contributed by atoms with van der Waals surface area (Å²) in [6.45, 7) is 3.91. The lowest BCUT2D eigenvalue weighted by Gasteiger charge is -2.30. The minimum atomic E-state index is -1.22. The van der Waals surface area contributed by atoms with Crippen molar-refractivity contribution in [1.82, 2.24) is 9.55 Å². The number of aromatic nitrogens is 2. The van der Waals surface area contributed by atoms with Gasteiger partial charge in [0.15, 0.2) is 6.23 Å². The Bertz CT molecular complexity index is 596. The van der Waals surface area contributed by atoms with Crippen LogP contribution in [-0.2, 0) is 4.74 Å². The van der Waals surface area contributed by atoms with Crippen molar-refractivity contribution in [3.63, 3.8) is 0 Å². The van der Waals surface area contributed by atoms with E-state index in [-0.39, 0.29) is 0 Å². The SMILES string of the molecule is CCCC[C@]1(CC)O[C@@H](n2ccc(=O)[nH]c2=O)[C@@H](O)C1O. The van der Waals surface area contributed by atoms with Crippen LogP contribution in [0.4, 0.5) is 0 Å². The molecule has 2 heterocycles. The van der Waals surface area contributed by atoms with Crippen LogP contribution < -0.4 is 11.2 Å². The van der Waals surface area contributed by atoms with Gasteiger partial charge in [-0.25, -0.2) is 4.79 Å². The van der Waals surface area contributed by atoms with Crippen molar-refractivity contribution in [2.45, 2.75) is 63.6 Å². The number of unbranched alkanes of at least 4 members (excludes halogenated alkanes) is 1. The normalized spacial score (nSPS) is 32.5. The van der Waals surface area contributed by atoms with Gasteiger partial charge in [0.2, 0.25) is 0 Å². The van der Waals surface area contributed by atoms with Gasteiger partial charge in [0.05, 0.1) is 5.60 Å². The van der Waals surface area contributed by atoms with Gasteiger partial charge in [-0.1, -0.05) is 26.7 Å². The molecule has 1 fully saturated rings. The first-order chi connectivity index (χ1) is 9.95. The van der Waals surface area contributed by atoms with Crippen molar-refractivity contribution in [3.8, 4) is 0 Å². The van der Waals surface area contributed by atoms with E-state index in [9.17, 15) is 19.8 Å². The van der Waals surface area contributed by atoms with Crippen molar-refractivity contribution in [2.24, 2.45) is 0 Å². The molecule has 3 N–H and O–H groups in total. The molecule has 0 spiro atoms. The molecule has 1 saturated heterocycles. The third-order valence-electron chi connectivity index (χ3n) is 4.19. The summed E-state index contributed by atoms with van der Waals surface area (Å²) in [6.07, 6.45) is 0.909. The van der Waals surface area contributed by atoms with E-state index in [1.165, 1.54) is 12.3 Å². The molecule has 0 saturated carbocycles. The van der Waals surface area contributed by atoms with Crippen molar-refractivity contribution in [1.29, 1.82) is 0 Å². The van der Waals surface area contributed by atoms with Crippen LogP contribution >= 0.6 is 0 Å². The molecule has 118 valence electrons. The van der Waals surface area contributed by atoms with Gasteiger partial charge < -0.3 is 14.9 Å². The van der Waals surface area contributed by atoms with Crippen LogP contribution in [0, 0.1) is 0 Å². The fourth-order valence-electron chi connectivity index (χ4n) is 2.85. The van der Waals surface area contributed by atoms with Crippen molar-refractivity contribution in [2.75, 3.05) is 0 Å². The third kappa shape index (κ3) is 2.81. The van der Waals surface area contributed by atoms with Gasteiger partial charge in [0.25, 0.3) is 5.56 Å². The Labute approximate surface area is 122 Å². The Morgan fingerprint density at radius 3 is 2.67 bits per heavy atom. The second-order valence-corrected chi connectivity index (χ2v) is 5.48. The number of aliphatic hydroxyl groups is 2. The topological polar surface area (TPSA) is 105 Å².